The molecular formula is C18H9O3PS. The molecule has 0 aliphatic carbocycles. The van der Waals surface area contributed by atoms with E-state index in [9.17, 15) is 0 Å². The first-order valence-electron chi connectivity index (χ1n) is 7.31. The van der Waals surface area contributed by atoms with Crippen molar-refractivity contribution in [3.63, 3.8) is 0 Å². The van der Waals surface area contributed by atoms with Crippen molar-refractivity contribution in [2.24, 2.45) is 0 Å². The van der Waals surface area contributed by atoms with Crippen LogP contribution in [0.3, 0.4) is 0 Å². The smallest absolute Gasteiger partial charge is 0.140 e. The van der Waals surface area contributed by atoms with Crippen molar-refractivity contribution in [2.75, 3.05) is 0 Å². The molecule has 23 heavy (non-hydrogen) atoms. The molecule has 0 bridgehead atoms. The molecule has 0 saturated heterocycles. The molecule has 3 aliphatic heterocycles. The summed E-state index contributed by atoms with van der Waals surface area (Å²) in [5, 5.41) is 3.04. The van der Waals surface area contributed by atoms with Gasteiger partial charge in [-0.3, -0.25) is 0 Å². The van der Waals surface area contributed by atoms with E-state index in [0.29, 0.717) is 0 Å². The largest absolute Gasteiger partial charge is 0.456 e. The van der Waals surface area contributed by atoms with E-state index in [1.165, 1.54) is 0 Å². The summed E-state index contributed by atoms with van der Waals surface area (Å²) in [6, 6.07) is 15.4. The standard InChI is InChI=1S/C18H9O3PS/c23-22-16-10-4-1-5-11(16)20-13-7-3-9-15(18(13)22)21-14-8-2-6-12(19-10)17(14)22/h1-9H. The van der Waals surface area contributed by atoms with E-state index in [2.05, 4.69) is 0 Å². The van der Waals surface area contributed by atoms with Crippen LogP contribution in [-0.2, 0) is 11.8 Å². The molecule has 3 aliphatic rings. The zero-order chi connectivity index (χ0) is 15.2. The quantitative estimate of drug-likeness (QED) is 0.395. The molecule has 3 aromatic rings. The maximum atomic E-state index is 6.36. The first-order chi connectivity index (χ1) is 11.3. The molecule has 3 heterocycles. The molecule has 0 amide bonds. The molecule has 0 atom stereocenters. The van der Waals surface area contributed by atoms with E-state index in [-0.39, 0.29) is 0 Å². The van der Waals surface area contributed by atoms with E-state index in [1.54, 1.807) is 0 Å². The van der Waals surface area contributed by atoms with Crippen molar-refractivity contribution in [1.29, 1.82) is 0 Å². The summed E-state index contributed by atoms with van der Waals surface area (Å²) in [5.74, 6) is 4.82. The Morgan fingerprint density at radius 1 is 0.522 bits per heavy atom. The van der Waals surface area contributed by atoms with Gasteiger partial charge in [-0.2, -0.15) is 0 Å². The first-order valence-corrected chi connectivity index (χ1v) is 10.1. The minimum absolute atomic E-state index is 0.804. The average Bonchev–Trinajstić information content (AvgIpc) is 2.54. The van der Waals surface area contributed by atoms with Gasteiger partial charge in [0.2, 0.25) is 0 Å². The van der Waals surface area contributed by atoms with Crippen LogP contribution in [0.15, 0.2) is 54.6 Å². The molecule has 0 N–H and O–H groups in total. The molecule has 0 aromatic heterocycles. The third-order valence-corrected chi connectivity index (χ3v) is 9.35. The summed E-state index contributed by atoms with van der Waals surface area (Å²) in [6.45, 7) is 0. The van der Waals surface area contributed by atoms with E-state index in [1.807, 2.05) is 54.6 Å². The van der Waals surface area contributed by atoms with Gasteiger partial charge in [0.25, 0.3) is 0 Å². The third-order valence-electron chi connectivity index (χ3n) is 4.49. The summed E-state index contributed by atoms with van der Waals surface area (Å²) in [4.78, 5) is 0. The van der Waals surface area contributed by atoms with Gasteiger partial charge in [0.05, 0.1) is 22.0 Å². The Kier molecular flexibility index (Phi) is 2.00. The maximum Gasteiger partial charge on any atom is 0.140 e. The zero-order valence-electron chi connectivity index (χ0n) is 11.8. The second-order valence-electron chi connectivity index (χ2n) is 5.72. The molecule has 110 valence electrons. The number of ether oxygens (including phenoxy) is 3. The van der Waals surface area contributed by atoms with Crippen LogP contribution in [0, 0.1) is 0 Å². The topological polar surface area (TPSA) is 27.7 Å². The summed E-state index contributed by atoms with van der Waals surface area (Å²) in [5.41, 5.74) is 0. The molecule has 3 aromatic carbocycles. The SMILES string of the molecule is S=P12c3c4cccc3Oc3cccc(c31)Oc1cccc(c12)O4. The van der Waals surface area contributed by atoms with Gasteiger partial charge < -0.3 is 14.2 Å². The van der Waals surface area contributed by atoms with E-state index in [0.717, 1.165) is 50.4 Å². The Hall–Kier alpha value is -2.29. The molecule has 0 spiro atoms. The van der Waals surface area contributed by atoms with Gasteiger partial charge in [-0.1, -0.05) is 30.0 Å². The molecule has 0 saturated carbocycles. The van der Waals surface area contributed by atoms with Gasteiger partial charge in [0.15, 0.2) is 0 Å². The minimum Gasteiger partial charge on any atom is -0.456 e. The minimum atomic E-state index is -2.23. The van der Waals surface area contributed by atoms with E-state index in [4.69, 9.17) is 26.0 Å². The summed E-state index contributed by atoms with van der Waals surface area (Å²) >= 11 is 6.36. The Labute approximate surface area is 137 Å². The molecule has 0 unspecified atom stereocenters. The Balaban J connectivity index is 1.88. The summed E-state index contributed by atoms with van der Waals surface area (Å²) < 4.78 is 18.3. The van der Waals surface area contributed by atoms with Gasteiger partial charge in [-0.05, 0) is 36.4 Å². The highest BCUT2D eigenvalue weighted by molar-refractivity contribution is 8.26. The predicted octanol–water partition coefficient (Wildman–Crippen LogP) is 3.76. The fourth-order valence-corrected chi connectivity index (χ4v) is 8.50. The van der Waals surface area contributed by atoms with E-state index < -0.39 is 6.04 Å². The molecular weight excluding hydrogens is 327 g/mol. The van der Waals surface area contributed by atoms with Crippen LogP contribution in [0.25, 0.3) is 0 Å². The second-order valence-corrected chi connectivity index (χ2v) is 9.93. The van der Waals surface area contributed by atoms with Crippen LogP contribution >= 0.6 is 6.04 Å². The predicted molar refractivity (Wildman–Crippen MR) is 92.7 cm³/mol. The van der Waals surface area contributed by atoms with Gasteiger partial charge in [-0.25, -0.2) is 0 Å². The highest BCUT2D eigenvalue weighted by atomic mass is 32.4. The van der Waals surface area contributed by atoms with Crippen molar-refractivity contribution in [3.05, 3.63) is 54.6 Å². The van der Waals surface area contributed by atoms with Crippen molar-refractivity contribution in [2.45, 2.75) is 0 Å². The van der Waals surface area contributed by atoms with Crippen LogP contribution in [0.1, 0.15) is 0 Å². The molecule has 0 fully saturated rings. The fourth-order valence-electron chi connectivity index (χ4n) is 3.62. The Morgan fingerprint density at radius 2 is 0.783 bits per heavy atom. The number of hydrogen-bond acceptors (Lipinski definition) is 4. The van der Waals surface area contributed by atoms with Crippen LogP contribution in [-0.4, -0.2) is 0 Å². The van der Waals surface area contributed by atoms with E-state index >= 15 is 0 Å². The van der Waals surface area contributed by atoms with Crippen LogP contribution in [0.2, 0.25) is 0 Å². The monoisotopic (exact) mass is 336 g/mol. The van der Waals surface area contributed by atoms with Gasteiger partial charge in [0.1, 0.15) is 34.5 Å². The lowest BCUT2D eigenvalue weighted by Gasteiger charge is -2.40. The van der Waals surface area contributed by atoms with Crippen LogP contribution in [0.5, 0.6) is 34.5 Å². The highest BCUT2D eigenvalue weighted by Gasteiger charge is 2.48. The lowest BCUT2D eigenvalue weighted by Crippen LogP contribution is -2.38. The molecule has 3 nitrogen and oxygen atoms in total. The fraction of sp³-hybridized carbons (Fsp3) is 0. The van der Waals surface area contributed by atoms with Crippen molar-refractivity contribution in [1.82, 2.24) is 0 Å². The number of rotatable bonds is 0. The zero-order valence-corrected chi connectivity index (χ0v) is 13.5. The molecule has 5 heteroatoms. The first kappa shape index (κ1) is 12.2. The Bertz CT molecular complexity index is 892. The Morgan fingerprint density at radius 3 is 1.04 bits per heavy atom. The summed E-state index contributed by atoms with van der Waals surface area (Å²) in [7, 11) is 0. The third kappa shape index (κ3) is 1.27. The van der Waals surface area contributed by atoms with Crippen molar-refractivity contribution < 1.29 is 14.2 Å². The lowest BCUT2D eigenvalue weighted by atomic mass is 10.2. The number of hydrogen-bond donors (Lipinski definition) is 0. The van der Waals surface area contributed by atoms with Gasteiger partial charge in [-0.15, -0.1) is 0 Å². The normalized spacial score (nSPS) is 16.5. The average molecular weight is 336 g/mol. The van der Waals surface area contributed by atoms with Crippen LogP contribution in [0.4, 0.5) is 0 Å². The summed E-state index contributed by atoms with van der Waals surface area (Å²) in [6.07, 6.45) is 0. The number of benzene rings is 3. The maximum absolute atomic E-state index is 6.36. The highest BCUT2D eigenvalue weighted by Crippen LogP contribution is 2.63. The molecule has 0 radical (unpaired) electrons. The van der Waals surface area contributed by atoms with Crippen LogP contribution < -0.4 is 30.1 Å². The lowest BCUT2D eigenvalue weighted by molar-refractivity contribution is 0.445. The molecule has 6 rings (SSSR count). The van der Waals surface area contributed by atoms with Gasteiger partial charge in [0, 0.05) is 0 Å². The van der Waals surface area contributed by atoms with Crippen molar-refractivity contribution >= 4 is 33.8 Å². The van der Waals surface area contributed by atoms with Crippen molar-refractivity contribution in [3.8, 4) is 34.5 Å². The van der Waals surface area contributed by atoms with Gasteiger partial charge >= 0.3 is 0 Å². The second kappa shape index (κ2) is 3.78.